The molecule has 34 heavy (non-hydrogen) atoms. The Kier molecular flexibility index (Phi) is 5.15. The molecule has 7 nitrogen and oxygen atoms in total. The van der Waals surface area contributed by atoms with Gasteiger partial charge in [0.1, 0.15) is 16.9 Å². The first-order valence-electron chi connectivity index (χ1n) is 12.4. The predicted molar refractivity (Wildman–Crippen MR) is 131 cm³/mol. The quantitative estimate of drug-likeness (QED) is 0.471. The van der Waals surface area contributed by atoms with Crippen molar-refractivity contribution < 1.29 is 18.7 Å². The van der Waals surface area contributed by atoms with Crippen LogP contribution >= 0.6 is 0 Å². The predicted octanol–water partition coefficient (Wildman–Crippen LogP) is 5.19. The Bertz CT molecular complexity index is 1230. The highest BCUT2D eigenvalue weighted by molar-refractivity contribution is 6.07. The second-order valence-electron chi connectivity index (χ2n) is 10.5. The minimum atomic E-state index is -0.191. The zero-order valence-corrected chi connectivity index (χ0v) is 19.5. The molecule has 4 bridgehead atoms. The standard InChI is InChI=1S/C27H31N3O4/c1-33-24-11-20-19-4-2-3-5-22(19)34-23(20)12-21(24)29-25(31)6-7-28-26(32)30-27-13-16-8-17(14-27)10-18(9-16)15-27/h2-5,11-12,16-18H,6-10,13-15H2,1H3,(H,29,31)(H2,28,30,32). The van der Waals surface area contributed by atoms with Crippen molar-refractivity contribution in [3.05, 3.63) is 36.4 Å². The number of methoxy groups -OCH3 is 1. The maximum atomic E-state index is 12.6. The largest absolute Gasteiger partial charge is 0.495 e. The van der Waals surface area contributed by atoms with Crippen LogP contribution in [-0.4, -0.2) is 31.1 Å². The maximum Gasteiger partial charge on any atom is 0.315 e. The van der Waals surface area contributed by atoms with Crippen LogP contribution in [0.5, 0.6) is 5.75 Å². The molecule has 3 aromatic rings. The molecule has 0 atom stereocenters. The lowest BCUT2D eigenvalue weighted by Crippen LogP contribution is -2.61. The summed E-state index contributed by atoms with van der Waals surface area (Å²) in [6.45, 7) is 0.277. The van der Waals surface area contributed by atoms with E-state index >= 15 is 0 Å². The topological polar surface area (TPSA) is 92.6 Å². The van der Waals surface area contributed by atoms with E-state index in [0.29, 0.717) is 17.0 Å². The van der Waals surface area contributed by atoms with Gasteiger partial charge in [-0.2, -0.15) is 0 Å². The number of carbonyl (C=O) groups is 2. The number of nitrogens with one attached hydrogen (secondary N) is 3. The minimum absolute atomic E-state index is 0.0313. The SMILES string of the molecule is COc1cc2c(cc1NC(=O)CCNC(=O)NC13CC4CC(CC(C4)C1)C3)oc1ccccc12. The third kappa shape index (κ3) is 3.87. The molecule has 1 heterocycles. The molecule has 3 N–H and O–H groups in total. The number of para-hydroxylation sites is 1. The van der Waals surface area contributed by atoms with Gasteiger partial charge in [0.25, 0.3) is 0 Å². The van der Waals surface area contributed by atoms with Crippen LogP contribution in [0.25, 0.3) is 21.9 Å². The van der Waals surface area contributed by atoms with Gasteiger partial charge in [-0.05, 0) is 68.4 Å². The zero-order valence-electron chi connectivity index (χ0n) is 19.5. The van der Waals surface area contributed by atoms with Crippen molar-refractivity contribution in [2.24, 2.45) is 17.8 Å². The maximum absolute atomic E-state index is 12.6. The zero-order chi connectivity index (χ0) is 23.3. The van der Waals surface area contributed by atoms with Gasteiger partial charge in [-0.1, -0.05) is 18.2 Å². The van der Waals surface area contributed by atoms with Crippen LogP contribution in [0, 0.1) is 17.8 Å². The van der Waals surface area contributed by atoms with Crippen LogP contribution in [0.2, 0.25) is 0 Å². The van der Waals surface area contributed by atoms with Gasteiger partial charge in [0.05, 0.1) is 12.8 Å². The van der Waals surface area contributed by atoms with Crippen molar-refractivity contribution in [2.75, 3.05) is 19.0 Å². The summed E-state index contributed by atoms with van der Waals surface area (Å²) in [5, 5.41) is 11.0. The lowest BCUT2D eigenvalue weighted by Gasteiger charge is -2.56. The molecule has 0 unspecified atom stereocenters. The van der Waals surface area contributed by atoms with E-state index in [2.05, 4.69) is 16.0 Å². The van der Waals surface area contributed by atoms with Gasteiger partial charge < -0.3 is 25.1 Å². The molecule has 0 spiro atoms. The number of carbonyl (C=O) groups excluding carboxylic acids is 2. The number of rotatable bonds is 6. The van der Waals surface area contributed by atoms with E-state index in [1.54, 1.807) is 13.2 Å². The first-order chi connectivity index (χ1) is 16.5. The Balaban J connectivity index is 1.06. The summed E-state index contributed by atoms with van der Waals surface area (Å²) in [4.78, 5) is 25.2. The third-order valence-corrected chi connectivity index (χ3v) is 8.03. The molecule has 4 saturated carbocycles. The van der Waals surface area contributed by atoms with Crippen molar-refractivity contribution in [1.82, 2.24) is 10.6 Å². The van der Waals surface area contributed by atoms with E-state index in [9.17, 15) is 9.59 Å². The number of hydrogen-bond donors (Lipinski definition) is 3. The second kappa shape index (κ2) is 8.22. The van der Waals surface area contributed by atoms with E-state index in [1.165, 1.54) is 19.3 Å². The number of amides is 3. The van der Waals surface area contributed by atoms with Crippen molar-refractivity contribution in [3.8, 4) is 5.75 Å². The van der Waals surface area contributed by atoms with Crippen molar-refractivity contribution >= 4 is 39.6 Å². The van der Waals surface area contributed by atoms with Crippen LogP contribution in [0.15, 0.2) is 40.8 Å². The number of hydrogen-bond acceptors (Lipinski definition) is 4. The molecule has 3 amide bonds. The highest BCUT2D eigenvalue weighted by Crippen LogP contribution is 2.55. The lowest BCUT2D eigenvalue weighted by atomic mass is 9.53. The Morgan fingerprint density at radius 1 is 1.00 bits per heavy atom. The van der Waals surface area contributed by atoms with Crippen LogP contribution in [0.3, 0.4) is 0 Å². The average Bonchev–Trinajstić information content (AvgIpc) is 3.14. The number of ether oxygens (including phenoxy) is 1. The smallest absolute Gasteiger partial charge is 0.315 e. The molecule has 7 heteroatoms. The molecule has 1 aromatic heterocycles. The number of furan rings is 1. The minimum Gasteiger partial charge on any atom is -0.495 e. The highest BCUT2D eigenvalue weighted by atomic mass is 16.5. The number of urea groups is 1. The fraction of sp³-hybridized carbons (Fsp3) is 0.481. The summed E-state index contributed by atoms with van der Waals surface area (Å²) in [6, 6.07) is 11.3. The van der Waals surface area contributed by atoms with E-state index < -0.39 is 0 Å². The first-order valence-corrected chi connectivity index (χ1v) is 12.4. The molecule has 0 aliphatic heterocycles. The fourth-order valence-electron chi connectivity index (χ4n) is 7.07. The number of fused-ring (bicyclic) bond motifs is 3. The molecule has 7 rings (SSSR count). The summed E-state index contributed by atoms with van der Waals surface area (Å²) in [5.74, 6) is 2.70. The van der Waals surface area contributed by atoms with Gasteiger partial charge in [-0.3, -0.25) is 4.79 Å². The molecule has 4 fully saturated rings. The van der Waals surface area contributed by atoms with E-state index in [0.717, 1.165) is 53.4 Å². The third-order valence-electron chi connectivity index (χ3n) is 8.03. The van der Waals surface area contributed by atoms with Crippen LogP contribution < -0.4 is 20.7 Å². The molecular weight excluding hydrogens is 430 g/mol. The van der Waals surface area contributed by atoms with Crippen LogP contribution in [-0.2, 0) is 4.79 Å². The van der Waals surface area contributed by atoms with Gasteiger partial charge in [0, 0.05) is 35.3 Å². The fourth-order valence-corrected chi connectivity index (χ4v) is 7.07. The van der Waals surface area contributed by atoms with Crippen molar-refractivity contribution in [2.45, 2.75) is 50.5 Å². The molecule has 2 aromatic carbocycles. The summed E-state index contributed by atoms with van der Waals surface area (Å²) in [7, 11) is 1.58. The van der Waals surface area contributed by atoms with Gasteiger partial charge in [-0.15, -0.1) is 0 Å². The molecule has 4 aliphatic rings. The van der Waals surface area contributed by atoms with Gasteiger partial charge >= 0.3 is 6.03 Å². The van der Waals surface area contributed by atoms with E-state index in [1.807, 2.05) is 30.3 Å². The molecule has 0 saturated heterocycles. The van der Waals surface area contributed by atoms with Crippen molar-refractivity contribution in [1.29, 1.82) is 0 Å². The Hall–Kier alpha value is -3.22. The number of benzene rings is 2. The monoisotopic (exact) mass is 461 g/mol. The van der Waals surface area contributed by atoms with Gasteiger partial charge in [0.15, 0.2) is 0 Å². The second-order valence-corrected chi connectivity index (χ2v) is 10.5. The summed E-state index contributed by atoms with van der Waals surface area (Å²) in [6.07, 6.45) is 7.52. The van der Waals surface area contributed by atoms with Crippen LogP contribution in [0.4, 0.5) is 10.5 Å². The summed E-state index contributed by atoms with van der Waals surface area (Å²) in [5.41, 5.74) is 2.00. The molecule has 178 valence electrons. The Morgan fingerprint density at radius 3 is 2.41 bits per heavy atom. The summed E-state index contributed by atoms with van der Waals surface area (Å²) < 4.78 is 11.4. The molecule has 0 radical (unpaired) electrons. The lowest BCUT2D eigenvalue weighted by molar-refractivity contribution is -0.116. The normalized spacial score (nSPS) is 27.1. The Labute approximate surface area is 198 Å². The number of anilines is 1. The van der Waals surface area contributed by atoms with Gasteiger partial charge in [-0.25, -0.2) is 4.79 Å². The Morgan fingerprint density at radius 2 is 1.71 bits per heavy atom. The first kappa shape index (κ1) is 21.3. The van der Waals surface area contributed by atoms with Crippen molar-refractivity contribution in [3.63, 3.8) is 0 Å². The molecular formula is C27H31N3O4. The summed E-state index contributed by atoms with van der Waals surface area (Å²) >= 11 is 0. The van der Waals surface area contributed by atoms with Crippen LogP contribution in [0.1, 0.15) is 44.9 Å². The van der Waals surface area contributed by atoms with E-state index in [-0.39, 0.29) is 30.4 Å². The highest BCUT2D eigenvalue weighted by Gasteiger charge is 2.51. The average molecular weight is 462 g/mol. The van der Waals surface area contributed by atoms with Gasteiger partial charge in [0.2, 0.25) is 5.91 Å². The molecule has 4 aliphatic carbocycles. The van der Waals surface area contributed by atoms with E-state index in [4.69, 9.17) is 9.15 Å².